The van der Waals surface area contributed by atoms with Crippen LogP contribution in [-0.4, -0.2) is 59.9 Å². The third kappa shape index (κ3) is 5.00. The number of aliphatic hydroxyl groups is 1. The first-order valence-corrected chi connectivity index (χ1v) is 7.74. The Labute approximate surface area is 127 Å². The number of aliphatic hydroxyl groups excluding tert-OH is 1. The molecule has 0 aromatic carbocycles. The van der Waals surface area contributed by atoms with Crippen molar-refractivity contribution in [1.29, 1.82) is 0 Å². The van der Waals surface area contributed by atoms with Crippen LogP contribution in [0, 0.1) is 0 Å². The molecule has 0 aliphatic rings. The van der Waals surface area contributed by atoms with Crippen molar-refractivity contribution < 1.29 is 5.11 Å². The third-order valence-corrected chi connectivity index (χ3v) is 3.32. The molecular weight excluding hydrogens is 268 g/mol. The normalized spacial score (nSPS) is 10.5. The number of rotatable bonds is 10. The van der Waals surface area contributed by atoms with E-state index in [9.17, 15) is 5.11 Å². The van der Waals surface area contributed by atoms with E-state index in [0.717, 1.165) is 32.5 Å². The van der Waals surface area contributed by atoms with E-state index >= 15 is 0 Å². The number of nitrogens with one attached hydrogen (secondary N) is 1. The number of anilines is 3. The van der Waals surface area contributed by atoms with Crippen LogP contribution < -0.4 is 15.1 Å². The largest absolute Gasteiger partial charge is 0.395 e. The van der Waals surface area contributed by atoms with Gasteiger partial charge in [-0.3, -0.25) is 0 Å². The summed E-state index contributed by atoms with van der Waals surface area (Å²) >= 11 is 0. The molecule has 0 spiro atoms. The van der Waals surface area contributed by atoms with Gasteiger partial charge in [-0.2, -0.15) is 15.0 Å². The molecule has 0 saturated carbocycles. The van der Waals surface area contributed by atoms with Gasteiger partial charge < -0.3 is 20.2 Å². The van der Waals surface area contributed by atoms with E-state index in [1.54, 1.807) is 7.05 Å². The van der Waals surface area contributed by atoms with E-state index in [1.165, 1.54) is 0 Å². The molecule has 0 saturated heterocycles. The van der Waals surface area contributed by atoms with Gasteiger partial charge in [0, 0.05) is 33.2 Å². The number of nitrogens with zero attached hydrogens (tertiary/aromatic N) is 5. The minimum atomic E-state index is 0.0882. The fraction of sp³-hybridized carbons (Fsp3) is 0.786. The molecule has 2 N–H and O–H groups in total. The summed E-state index contributed by atoms with van der Waals surface area (Å²) in [5, 5.41) is 12.2. The molecule has 0 fully saturated rings. The fourth-order valence-corrected chi connectivity index (χ4v) is 2.04. The highest BCUT2D eigenvalue weighted by Gasteiger charge is 2.15. The summed E-state index contributed by atoms with van der Waals surface area (Å²) in [4.78, 5) is 17.5. The van der Waals surface area contributed by atoms with Crippen molar-refractivity contribution in [3.63, 3.8) is 0 Å². The van der Waals surface area contributed by atoms with Crippen molar-refractivity contribution in [2.75, 3.05) is 55.0 Å². The van der Waals surface area contributed by atoms with Crippen LogP contribution in [0.25, 0.3) is 0 Å². The molecule has 0 bridgehead atoms. The Morgan fingerprint density at radius 1 is 0.952 bits per heavy atom. The summed E-state index contributed by atoms with van der Waals surface area (Å²) in [5.41, 5.74) is 0. The molecule has 0 aliphatic carbocycles. The first kappa shape index (κ1) is 17.4. The molecule has 1 aromatic rings. The maximum atomic E-state index is 9.26. The standard InChI is InChI=1S/C14H28N6O/c1-5-8-9-20(10-11-21)14-17-12(15-4)16-13(18-14)19(6-2)7-3/h21H,5-11H2,1-4H3,(H,15,16,17,18). The molecule has 7 nitrogen and oxygen atoms in total. The lowest BCUT2D eigenvalue weighted by Gasteiger charge is -2.24. The van der Waals surface area contributed by atoms with E-state index in [4.69, 9.17) is 0 Å². The quantitative estimate of drug-likeness (QED) is 0.675. The van der Waals surface area contributed by atoms with Crippen LogP contribution >= 0.6 is 0 Å². The van der Waals surface area contributed by atoms with Crippen LogP contribution in [-0.2, 0) is 0 Å². The lowest BCUT2D eigenvalue weighted by Crippen LogP contribution is -2.31. The Hall–Kier alpha value is -1.63. The average Bonchev–Trinajstić information content (AvgIpc) is 2.52. The monoisotopic (exact) mass is 296 g/mol. The minimum absolute atomic E-state index is 0.0882. The van der Waals surface area contributed by atoms with Gasteiger partial charge >= 0.3 is 0 Å². The lowest BCUT2D eigenvalue weighted by atomic mass is 10.3. The SMILES string of the molecule is CCCCN(CCO)c1nc(NC)nc(N(CC)CC)n1. The Kier molecular flexibility index (Phi) is 7.74. The molecule has 0 radical (unpaired) electrons. The molecule has 0 amide bonds. The minimum Gasteiger partial charge on any atom is -0.395 e. The first-order valence-electron chi connectivity index (χ1n) is 7.74. The highest BCUT2D eigenvalue weighted by molar-refractivity contribution is 5.45. The van der Waals surface area contributed by atoms with E-state index in [0.29, 0.717) is 24.4 Å². The van der Waals surface area contributed by atoms with Gasteiger partial charge in [0.25, 0.3) is 0 Å². The molecule has 0 unspecified atom stereocenters. The lowest BCUT2D eigenvalue weighted by molar-refractivity contribution is 0.301. The van der Waals surface area contributed by atoms with E-state index in [-0.39, 0.29) is 6.61 Å². The third-order valence-electron chi connectivity index (χ3n) is 3.32. The number of hydrogen-bond donors (Lipinski definition) is 2. The van der Waals surface area contributed by atoms with Crippen LogP contribution in [0.2, 0.25) is 0 Å². The first-order chi connectivity index (χ1) is 10.2. The smallest absolute Gasteiger partial charge is 0.232 e. The van der Waals surface area contributed by atoms with Gasteiger partial charge in [-0.1, -0.05) is 13.3 Å². The maximum absolute atomic E-state index is 9.26. The predicted octanol–water partition coefficient (Wildman–Crippen LogP) is 1.36. The Bertz CT molecular complexity index is 410. The van der Waals surface area contributed by atoms with Crippen molar-refractivity contribution in [1.82, 2.24) is 15.0 Å². The highest BCUT2D eigenvalue weighted by atomic mass is 16.3. The van der Waals surface area contributed by atoms with E-state index < -0.39 is 0 Å². The summed E-state index contributed by atoms with van der Waals surface area (Å²) in [6.45, 7) is 9.45. The van der Waals surface area contributed by atoms with Gasteiger partial charge in [0.05, 0.1) is 6.61 Å². The van der Waals surface area contributed by atoms with Crippen molar-refractivity contribution in [2.24, 2.45) is 0 Å². The molecule has 1 rings (SSSR count). The van der Waals surface area contributed by atoms with E-state index in [1.807, 2.05) is 4.90 Å². The highest BCUT2D eigenvalue weighted by Crippen LogP contribution is 2.16. The van der Waals surface area contributed by atoms with Gasteiger partial charge in [-0.25, -0.2) is 0 Å². The Balaban J connectivity index is 3.09. The summed E-state index contributed by atoms with van der Waals surface area (Å²) < 4.78 is 0. The van der Waals surface area contributed by atoms with Gasteiger partial charge in [-0.05, 0) is 20.3 Å². The molecule has 120 valence electrons. The Morgan fingerprint density at radius 3 is 2.05 bits per heavy atom. The second-order valence-corrected chi connectivity index (χ2v) is 4.75. The van der Waals surface area contributed by atoms with Gasteiger partial charge in [0.15, 0.2) is 0 Å². The number of aromatic nitrogens is 3. The van der Waals surface area contributed by atoms with Gasteiger partial charge in [-0.15, -0.1) is 0 Å². The maximum Gasteiger partial charge on any atom is 0.232 e. The van der Waals surface area contributed by atoms with Crippen LogP contribution in [0.3, 0.4) is 0 Å². The second-order valence-electron chi connectivity index (χ2n) is 4.75. The van der Waals surface area contributed by atoms with Gasteiger partial charge in [0.1, 0.15) is 0 Å². The Morgan fingerprint density at radius 2 is 1.57 bits per heavy atom. The zero-order valence-electron chi connectivity index (χ0n) is 13.6. The fourth-order valence-electron chi connectivity index (χ4n) is 2.04. The van der Waals surface area contributed by atoms with Gasteiger partial charge in [0.2, 0.25) is 17.8 Å². The topological polar surface area (TPSA) is 77.4 Å². The molecule has 21 heavy (non-hydrogen) atoms. The summed E-state index contributed by atoms with van der Waals surface area (Å²) in [5.74, 6) is 1.86. The zero-order chi connectivity index (χ0) is 15.7. The van der Waals surface area contributed by atoms with Crippen LogP contribution in [0.1, 0.15) is 33.6 Å². The van der Waals surface area contributed by atoms with Crippen LogP contribution in [0.15, 0.2) is 0 Å². The van der Waals surface area contributed by atoms with Crippen molar-refractivity contribution in [3.05, 3.63) is 0 Å². The van der Waals surface area contributed by atoms with Crippen LogP contribution in [0.5, 0.6) is 0 Å². The zero-order valence-corrected chi connectivity index (χ0v) is 13.6. The molecule has 0 atom stereocenters. The van der Waals surface area contributed by atoms with Crippen molar-refractivity contribution in [3.8, 4) is 0 Å². The van der Waals surface area contributed by atoms with E-state index in [2.05, 4.69) is 45.9 Å². The molecule has 1 heterocycles. The van der Waals surface area contributed by atoms with Crippen molar-refractivity contribution in [2.45, 2.75) is 33.6 Å². The second kappa shape index (κ2) is 9.33. The molecule has 1 aromatic heterocycles. The van der Waals surface area contributed by atoms with Crippen LogP contribution in [0.4, 0.5) is 17.8 Å². The molecular formula is C14H28N6O. The summed E-state index contributed by atoms with van der Waals surface area (Å²) in [6, 6.07) is 0. The molecule has 7 heteroatoms. The predicted molar refractivity (Wildman–Crippen MR) is 87.1 cm³/mol. The molecule has 0 aliphatic heterocycles. The summed E-state index contributed by atoms with van der Waals surface area (Å²) in [7, 11) is 1.80. The van der Waals surface area contributed by atoms with Crippen molar-refractivity contribution >= 4 is 17.8 Å². The average molecular weight is 296 g/mol. The number of hydrogen-bond acceptors (Lipinski definition) is 7. The number of unbranched alkanes of at least 4 members (excludes halogenated alkanes) is 1. The summed E-state index contributed by atoms with van der Waals surface area (Å²) in [6.07, 6.45) is 2.13.